The molecule has 0 aliphatic heterocycles. The van der Waals surface area contributed by atoms with Crippen LogP contribution in [-0.4, -0.2) is 22.5 Å². The number of carboxylic acids is 1. The topological polar surface area (TPSA) is 80.4 Å². The minimum Gasteiger partial charge on any atom is -0.478 e. The van der Waals surface area contributed by atoms with E-state index >= 15 is 0 Å². The molecule has 0 atom stereocenters. The standard InChI is InChI=1S/C11H10ClNO4/c12-10-3-1-8(2-4-10)7-9(11(14)15)5-6-13(16)17/h1-4,7H,5-6H2,(H,14,15)/b9-7-. The van der Waals surface area contributed by atoms with E-state index in [1.165, 1.54) is 6.08 Å². The Hall–Kier alpha value is -1.88. The maximum atomic E-state index is 10.9. The highest BCUT2D eigenvalue weighted by atomic mass is 35.5. The summed E-state index contributed by atoms with van der Waals surface area (Å²) >= 11 is 5.69. The molecule has 0 saturated heterocycles. The number of benzene rings is 1. The van der Waals surface area contributed by atoms with Gasteiger partial charge in [-0.1, -0.05) is 23.7 Å². The average Bonchev–Trinajstić information content (AvgIpc) is 2.26. The largest absolute Gasteiger partial charge is 0.478 e. The second-order valence-electron chi connectivity index (χ2n) is 3.33. The number of nitrogens with zero attached hydrogens (tertiary/aromatic N) is 1. The Morgan fingerprint density at radius 2 is 2.00 bits per heavy atom. The van der Waals surface area contributed by atoms with Gasteiger partial charge in [0, 0.05) is 21.9 Å². The third kappa shape index (κ3) is 4.65. The summed E-state index contributed by atoms with van der Waals surface area (Å²) in [6, 6.07) is 6.55. The van der Waals surface area contributed by atoms with Gasteiger partial charge in [0.1, 0.15) is 0 Å². The van der Waals surface area contributed by atoms with Crippen molar-refractivity contribution in [1.29, 1.82) is 0 Å². The van der Waals surface area contributed by atoms with E-state index in [-0.39, 0.29) is 12.0 Å². The van der Waals surface area contributed by atoms with E-state index in [9.17, 15) is 14.9 Å². The quantitative estimate of drug-likeness (QED) is 0.498. The minimum absolute atomic E-state index is 0.00372. The van der Waals surface area contributed by atoms with Crippen LogP contribution in [0.1, 0.15) is 12.0 Å². The molecule has 0 aromatic heterocycles. The molecule has 0 unspecified atom stereocenters. The molecular weight excluding hydrogens is 246 g/mol. The molecule has 0 radical (unpaired) electrons. The molecule has 0 amide bonds. The van der Waals surface area contributed by atoms with Crippen molar-refractivity contribution < 1.29 is 14.8 Å². The molecule has 0 spiro atoms. The van der Waals surface area contributed by atoms with Crippen LogP contribution in [-0.2, 0) is 4.79 Å². The predicted octanol–water partition coefficient (Wildman–Crippen LogP) is 2.47. The first kappa shape index (κ1) is 13.2. The fourth-order valence-corrected chi connectivity index (χ4v) is 1.34. The zero-order chi connectivity index (χ0) is 12.8. The molecule has 90 valence electrons. The summed E-state index contributed by atoms with van der Waals surface area (Å²) in [6.07, 6.45) is 1.30. The number of aliphatic carboxylic acids is 1. The van der Waals surface area contributed by atoms with Crippen LogP contribution in [0.4, 0.5) is 0 Å². The third-order valence-corrected chi connectivity index (χ3v) is 2.30. The van der Waals surface area contributed by atoms with E-state index in [4.69, 9.17) is 16.7 Å². The van der Waals surface area contributed by atoms with Gasteiger partial charge in [0.25, 0.3) is 0 Å². The Balaban J connectivity index is 2.86. The molecule has 5 nitrogen and oxygen atoms in total. The molecule has 0 saturated carbocycles. The molecular formula is C11H10ClNO4. The molecule has 0 fully saturated rings. The van der Waals surface area contributed by atoms with Crippen LogP contribution in [0.25, 0.3) is 6.08 Å². The van der Waals surface area contributed by atoms with Gasteiger partial charge in [-0.3, -0.25) is 10.1 Å². The lowest BCUT2D eigenvalue weighted by Crippen LogP contribution is -2.07. The Morgan fingerprint density at radius 1 is 1.41 bits per heavy atom. The fourth-order valence-electron chi connectivity index (χ4n) is 1.21. The normalized spacial score (nSPS) is 11.2. The maximum absolute atomic E-state index is 10.9. The zero-order valence-electron chi connectivity index (χ0n) is 8.80. The summed E-state index contributed by atoms with van der Waals surface area (Å²) in [5, 5.41) is 19.6. The summed E-state index contributed by atoms with van der Waals surface area (Å²) in [6.45, 7) is -0.397. The van der Waals surface area contributed by atoms with Gasteiger partial charge in [0.2, 0.25) is 6.54 Å². The van der Waals surface area contributed by atoms with Gasteiger partial charge in [0.05, 0.1) is 0 Å². The highest BCUT2D eigenvalue weighted by Crippen LogP contribution is 2.14. The molecule has 1 rings (SSSR count). The molecule has 6 heteroatoms. The van der Waals surface area contributed by atoms with Gasteiger partial charge in [-0.05, 0) is 23.8 Å². The Labute approximate surface area is 102 Å². The van der Waals surface area contributed by atoms with E-state index in [0.29, 0.717) is 10.6 Å². The molecule has 17 heavy (non-hydrogen) atoms. The van der Waals surface area contributed by atoms with Gasteiger partial charge >= 0.3 is 5.97 Å². The lowest BCUT2D eigenvalue weighted by Gasteiger charge is -2.00. The summed E-state index contributed by atoms with van der Waals surface area (Å²) in [5.41, 5.74) is 0.652. The highest BCUT2D eigenvalue weighted by Gasteiger charge is 2.10. The number of hydrogen-bond acceptors (Lipinski definition) is 3. The van der Waals surface area contributed by atoms with Gasteiger partial charge in [0.15, 0.2) is 0 Å². The van der Waals surface area contributed by atoms with Crippen molar-refractivity contribution in [3.8, 4) is 0 Å². The molecule has 0 bridgehead atoms. The van der Waals surface area contributed by atoms with Gasteiger partial charge in [-0.25, -0.2) is 4.79 Å². The molecule has 1 aromatic carbocycles. The van der Waals surface area contributed by atoms with Crippen molar-refractivity contribution in [2.24, 2.45) is 0 Å². The zero-order valence-corrected chi connectivity index (χ0v) is 9.55. The first-order valence-electron chi connectivity index (χ1n) is 4.80. The van der Waals surface area contributed by atoms with Crippen molar-refractivity contribution in [2.75, 3.05) is 6.54 Å². The summed E-state index contributed by atoms with van der Waals surface area (Å²) in [5.74, 6) is -1.15. The summed E-state index contributed by atoms with van der Waals surface area (Å²) in [4.78, 5) is 20.5. The monoisotopic (exact) mass is 255 g/mol. The lowest BCUT2D eigenvalue weighted by molar-refractivity contribution is -0.479. The first-order valence-corrected chi connectivity index (χ1v) is 5.18. The Bertz CT molecular complexity index is 453. The van der Waals surface area contributed by atoms with Crippen LogP contribution in [0.2, 0.25) is 5.02 Å². The number of carboxylic acid groups (broad SMARTS) is 1. The maximum Gasteiger partial charge on any atom is 0.331 e. The van der Waals surface area contributed by atoms with Gasteiger partial charge < -0.3 is 5.11 Å². The second-order valence-corrected chi connectivity index (χ2v) is 3.77. The molecule has 1 N–H and O–H groups in total. The molecule has 0 aliphatic carbocycles. The van der Waals surface area contributed by atoms with Crippen LogP contribution in [0.15, 0.2) is 29.8 Å². The van der Waals surface area contributed by atoms with E-state index < -0.39 is 17.4 Å². The van der Waals surface area contributed by atoms with Crippen molar-refractivity contribution >= 4 is 23.6 Å². The van der Waals surface area contributed by atoms with Gasteiger partial charge in [-0.2, -0.15) is 0 Å². The molecule has 0 aliphatic rings. The smallest absolute Gasteiger partial charge is 0.331 e. The third-order valence-electron chi connectivity index (χ3n) is 2.05. The predicted molar refractivity (Wildman–Crippen MR) is 63.5 cm³/mol. The number of rotatable bonds is 5. The number of hydrogen-bond donors (Lipinski definition) is 1. The minimum atomic E-state index is -1.15. The van der Waals surface area contributed by atoms with Crippen LogP contribution in [0, 0.1) is 10.1 Å². The Morgan fingerprint density at radius 3 is 2.47 bits per heavy atom. The number of halogens is 1. The van der Waals surface area contributed by atoms with Crippen LogP contribution < -0.4 is 0 Å². The van der Waals surface area contributed by atoms with E-state index in [0.717, 1.165) is 0 Å². The van der Waals surface area contributed by atoms with Crippen molar-refractivity contribution in [3.63, 3.8) is 0 Å². The van der Waals surface area contributed by atoms with E-state index in [1.807, 2.05) is 0 Å². The van der Waals surface area contributed by atoms with Crippen LogP contribution in [0.3, 0.4) is 0 Å². The van der Waals surface area contributed by atoms with Gasteiger partial charge in [-0.15, -0.1) is 0 Å². The second kappa shape index (κ2) is 6.00. The summed E-state index contributed by atoms with van der Waals surface area (Å²) < 4.78 is 0. The Kier molecular flexibility index (Phi) is 4.66. The number of nitro groups is 1. The lowest BCUT2D eigenvalue weighted by atomic mass is 10.1. The average molecular weight is 256 g/mol. The number of carbonyl (C=O) groups is 1. The highest BCUT2D eigenvalue weighted by molar-refractivity contribution is 6.30. The molecule has 0 heterocycles. The van der Waals surface area contributed by atoms with Crippen molar-refractivity contribution in [1.82, 2.24) is 0 Å². The van der Waals surface area contributed by atoms with Crippen LogP contribution >= 0.6 is 11.6 Å². The first-order chi connectivity index (χ1) is 7.99. The van der Waals surface area contributed by atoms with E-state index in [1.54, 1.807) is 24.3 Å². The molecule has 1 aromatic rings. The van der Waals surface area contributed by atoms with Crippen molar-refractivity contribution in [3.05, 3.63) is 50.5 Å². The van der Waals surface area contributed by atoms with Crippen LogP contribution in [0.5, 0.6) is 0 Å². The SMILES string of the molecule is O=C(O)/C(=C\c1ccc(Cl)cc1)CC[N+](=O)[O-]. The fraction of sp³-hybridized carbons (Fsp3) is 0.182. The van der Waals surface area contributed by atoms with Crippen molar-refractivity contribution in [2.45, 2.75) is 6.42 Å². The van der Waals surface area contributed by atoms with E-state index in [2.05, 4.69) is 0 Å². The summed E-state index contributed by atoms with van der Waals surface area (Å²) in [7, 11) is 0.